The number of rotatable bonds is 2. The first kappa shape index (κ1) is 13.3. The summed E-state index contributed by atoms with van der Waals surface area (Å²) >= 11 is 0. The molecule has 3 aliphatic heterocycles. The van der Waals surface area contributed by atoms with Gasteiger partial charge in [-0.15, -0.1) is 0 Å². The molecule has 3 rings (SSSR count). The van der Waals surface area contributed by atoms with Crippen LogP contribution in [0.25, 0.3) is 0 Å². The average molecular weight is 245 g/mol. The third-order valence-electron chi connectivity index (χ3n) is 3.28. The van der Waals surface area contributed by atoms with Gasteiger partial charge in [-0.3, -0.25) is 0 Å². The van der Waals surface area contributed by atoms with Gasteiger partial charge in [0.2, 0.25) is 0 Å². The van der Waals surface area contributed by atoms with E-state index in [0.29, 0.717) is 12.2 Å². The summed E-state index contributed by atoms with van der Waals surface area (Å²) < 4.78 is 22.8. The molecule has 3 atom stereocenters. The van der Waals surface area contributed by atoms with Crippen molar-refractivity contribution in [3.8, 4) is 0 Å². The Bertz CT molecular complexity index is 181. The van der Waals surface area contributed by atoms with Crippen molar-refractivity contribution in [3.05, 3.63) is 0 Å². The van der Waals surface area contributed by atoms with E-state index in [0.717, 1.165) is 39.1 Å². The molecule has 0 N–H and O–H groups in total. The van der Waals surface area contributed by atoms with Crippen LogP contribution in [0.3, 0.4) is 0 Å². The van der Waals surface area contributed by atoms with Gasteiger partial charge in [0, 0.05) is 26.4 Å². The first-order valence-corrected chi connectivity index (χ1v) is 6.61. The van der Waals surface area contributed by atoms with E-state index in [2.05, 4.69) is 0 Å². The van der Waals surface area contributed by atoms with Crippen LogP contribution in [0.4, 0.5) is 0 Å². The fourth-order valence-electron chi connectivity index (χ4n) is 2.37. The molecular weight excluding hydrogens is 216 g/mol. The Hall–Kier alpha value is -0.120. The highest BCUT2D eigenvalue weighted by atomic mass is 16.5. The monoisotopic (exact) mass is 245 g/mol. The molecule has 0 aromatic carbocycles. The highest BCUT2D eigenvalue weighted by Gasteiger charge is 2.23. The molecule has 0 radical (unpaired) electrons. The van der Waals surface area contributed by atoms with Crippen LogP contribution in [-0.4, -0.2) is 38.6 Å². The topological polar surface area (TPSA) is 27.7 Å². The Labute approximate surface area is 107 Å². The van der Waals surface area contributed by atoms with E-state index in [9.17, 15) is 0 Å². The molecule has 102 valence electrons. The molecule has 17 heavy (non-hydrogen) atoms. The van der Waals surface area contributed by atoms with Gasteiger partial charge >= 0.3 is 0 Å². The highest BCUT2D eigenvalue weighted by Crippen LogP contribution is 2.23. The van der Waals surface area contributed by atoms with Crippen LogP contribution >= 0.6 is 0 Å². The van der Waals surface area contributed by atoms with Gasteiger partial charge in [0.25, 0.3) is 0 Å². The SMILES string of the molecule is C.C1COC(CC2CCCO2)C1.[2H]C1CCCO1. The molecule has 0 aliphatic carbocycles. The molecule has 0 aromatic rings. The van der Waals surface area contributed by atoms with Crippen molar-refractivity contribution in [3.63, 3.8) is 0 Å². The Morgan fingerprint density at radius 1 is 0.882 bits per heavy atom. The largest absolute Gasteiger partial charge is 0.381 e. The Balaban J connectivity index is 0.000000199. The number of ether oxygens (including phenoxy) is 3. The predicted octanol–water partition coefficient (Wildman–Crippen LogP) is 3.17. The summed E-state index contributed by atoms with van der Waals surface area (Å²) in [5, 5.41) is 0. The molecule has 0 spiro atoms. The smallest absolute Gasteiger partial charge is 0.0600 e. The molecule has 0 bridgehead atoms. The molecule has 0 aromatic heterocycles. The molecular formula is C14H28O3. The first-order chi connectivity index (χ1) is 8.34. The summed E-state index contributed by atoms with van der Waals surface area (Å²) in [6.07, 6.45) is 9.17. The fraction of sp³-hybridized carbons (Fsp3) is 1.00. The molecule has 3 unspecified atom stereocenters. The van der Waals surface area contributed by atoms with E-state index < -0.39 is 0 Å². The lowest BCUT2D eigenvalue weighted by molar-refractivity contribution is 0.0366. The van der Waals surface area contributed by atoms with Crippen molar-refractivity contribution in [1.82, 2.24) is 0 Å². The van der Waals surface area contributed by atoms with Crippen molar-refractivity contribution in [1.29, 1.82) is 0 Å². The predicted molar refractivity (Wildman–Crippen MR) is 69.3 cm³/mol. The van der Waals surface area contributed by atoms with Crippen LogP contribution in [0.15, 0.2) is 0 Å². The first-order valence-electron chi connectivity index (χ1n) is 7.19. The van der Waals surface area contributed by atoms with Gasteiger partial charge in [0.15, 0.2) is 0 Å². The van der Waals surface area contributed by atoms with Gasteiger partial charge in [0.05, 0.1) is 13.6 Å². The standard InChI is InChI=1S/C9H16O2.C4H8O.CH4/c1-3-8(10-5-1)7-9-4-2-6-11-9;1-2-4-5-3-1;/h8-9H,1-7H2;1-4H2;1H4/i;3D;. The summed E-state index contributed by atoms with van der Waals surface area (Å²) in [6, 6.07) is 0. The third-order valence-corrected chi connectivity index (χ3v) is 3.28. The average Bonchev–Trinajstić information content (AvgIpc) is 3.02. The van der Waals surface area contributed by atoms with Crippen molar-refractivity contribution in [2.75, 3.05) is 26.4 Å². The normalized spacial score (nSPS) is 36.9. The van der Waals surface area contributed by atoms with E-state index in [4.69, 9.17) is 15.6 Å². The van der Waals surface area contributed by atoms with Crippen LogP contribution in [-0.2, 0) is 14.2 Å². The van der Waals surface area contributed by atoms with Gasteiger partial charge in [0.1, 0.15) is 0 Å². The molecule has 3 heterocycles. The van der Waals surface area contributed by atoms with Gasteiger partial charge in [-0.25, -0.2) is 0 Å². The summed E-state index contributed by atoms with van der Waals surface area (Å²) in [4.78, 5) is 0. The second kappa shape index (κ2) is 8.90. The maximum atomic E-state index is 6.91. The third kappa shape index (κ3) is 5.84. The molecule has 0 amide bonds. The number of hydrogen-bond acceptors (Lipinski definition) is 3. The quantitative estimate of drug-likeness (QED) is 0.748. The van der Waals surface area contributed by atoms with Gasteiger partial charge in [-0.1, -0.05) is 7.43 Å². The summed E-state index contributed by atoms with van der Waals surface area (Å²) in [5.41, 5.74) is 0. The van der Waals surface area contributed by atoms with Crippen LogP contribution < -0.4 is 0 Å². The lowest BCUT2D eigenvalue weighted by atomic mass is 10.1. The maximum absolute atomic E-state index is 6.91. The van der Waals surface area contributed by atoms with E-state index in [-0.39, 0.29) is 14.0 Å². The van der Waals surface area contributed by atoms with E-state index in [1.54, 1.807) is 0 Å². The summed E-state index contributed by atoms with van der Waals surface area (Å²) in [5.74, 6) is 0. The number of hydrogen-bond donors (Lipinski definition) is 0. The Morgan fingerprint density at radius 3 is 1.82 bits per heavy atom. The van der Waals surface area contributed by atoms with Crippen LogP contribution in [0, 0.1) is 0 Å². The fourth-order valence-corrected chi connectivity index (χ4v) is 2.37. The van der Waals surface area contributed by atoms with Crippen molar-refractivity contribution in [2.45, 2.75) is 64.6 Å². The summed E-state index contributed by atoms with van der Waals surface area (Å²) in [6.45, 7) is 2.54. The van der Waals surface area contributed by atoms with Crippen LogP contribution in [0.5, 0.6) is 0 Å². The molecule has 3 fully saturated rings. The maximum Gasteiger partial charge on any atom is 0.0600 e. The van der Waals surface area contributed by atoms with Crippen molar-refractivity contribution in [2.24, 2.45) is 0 Å². The second-order valence-electron chi connectivity index (χ2n) is 4.69. The zero-order chi connectivity index (χ0) is 11.9. The van der Waals surface area contributed by atoms with Crippen molar-refractivity contribution < 1.29 is 15.6 Å². The Kier molecular flexibility index (Phi) is 6.97. The van der Waals surface area contributed by atoms with Gasteiger partial charge < -0.3 is 14.2 Å². The zero-order valence-corrected chi connectivity index (χ0v) is 10.0. The second-order valence-corrected chi connectivity index (χ2v) is 4.69. The minimum atomic E-state index is -0.204. The lowest BCUT2D eigenvalue weighted by Crippen LogP contribution is -2.15. The molecule has 3 nitrogen and oxygen atoms in total. The highest BCUT2D eigenvalue weighted by molar-refractivity contribution is 4.73. The Morgan fingerprint density at radius 2 is 1.53 bits per heavy atom. The minimum Gasteiger partial charge on any atom is -0.381 e. The van der Waals surface area contributed by atoms with Crippen LogP contribution in [0.1, 0.15) is 53.7 Å². The summed E-state index contributed by atoms with van der Waals surface area (Å²) in [7, 11) is 0. The molecule has 0 saturated carbocycles. The van der Waals surface area contributed by atoms with E-state index in [1.807, 2.05) is 0 Å². The van der Waals surface area contributed by atoms with Gasteiger partial charge in [-0.05, 0) is 44.9 Å². The van der Waals surface area contributed by atoms with Crippen molar-refractivity contribution >= 4 is 0 Å². The van der Waals surface area contributed by atoms with E-state index >= 15 is 0 Å². The molecule has 3 heteroatoms. The van der Waals surface area contributed by atoms with Gasteiger partial charge in [-0.2, -0.15) is 0 Å². The minimum absolute atomic E-state index is 0. The molecule has 3 saturated heterocycles. The van der Waals surface area contributed by atoms with E-state index in [1.165, 1.54) is 25.7 Å². The zero-order valence-electron chi connectivity index (χ0n) is 11.0. The van der Waals surface area contributed by atoms with Crippen LogP contribution in [0.2, 0.25) is 0 Å². The molecule has 3 aliphatic rings. The lowest BCUT2D eigenvalue weighted by Gasteiger charge is -2.13.